The predicted octanol–water partition coefficient (Wildman–Crippen LogP) is 2.89. The molecule has 2 aromatic carbocycles. The van der Waals surface area contributed by atoms with Crippen molar-refractivity contribution in [1.82, 2.24) is 5.01 Å². The highest BCUT2D eigenvalue weighted by atomic mass is 32.3. The fourth-order valence-electron chi connectivity index (χ4n) is 2.69. The van der Waals surface area contributed by atoms with Gasteiger partial charge in [0.1, 0.15) is 12.4 Å². The number of ether oxygens (including phenoxy) is 1. The Balaban J connectivity index is 1.51. The Hall–Kier alpha value is -3.24. The van der Waals surface area contributed by atoms with Crippen LogP contribution in [-0.4, -0.2) is 41.0 Å². The zero-order valence-corrected chi connectivity index (χ0v) is 17.4. The Morgan fingerprint density at radius 1 is 1.13 bits per heavy atom. The first kappa shape index (κ1) is 20.0. The molecule has 0 radical (unpaired) electrons. The van der Waals surface area contributed by atoms with Gasteiger partial charge in [-0.1, -0.05) is 42.5 Å². The Morgan fingerprint density at radius 3 is 2.50 bits per heavy atom. The van der Waals surface area contributed by atoms with E-state index in [2.05, 4.69) is 10.1 Å². The largest absolute Gasteiger partial charge is 0.489 e. The fraction of sp³-hybridized carbons (Fsp3) is 0.100. The second-order valence-corrected chi connectivity index (χ2v) is 9.65. The number of hydrogen-bond acceptors (Lipinski definition) is 7. The lowest BCUT2D eigenvalue weighted by Crippen LogP contribution is -2.35. The van der Waals surface area contributed by atoms with Crippen LogP contribution in [0.1, 0.15) is 11.1 Å². The van der Waals surface area contributed by atoms with Gasteiger partial charge in [0.25, 0.3) is 5.91 Å². The van der Waals surface area contributed by atoms with Gasteiger partial charge < -0.3 is 4.74 Å². The molecule has 0 aliphatic carbocycles. The lowest BCUT2D eigenvalue weighted by Gasteiger charge is -2.20. The van der Waals surface area contributed by atoms with Crippen molar-refractivity contribution >= 4 is 49.0 Å². The number of thioether (sulfide) groups is 1. The molecule has 1 N–H and O–H groups in total. The van der Waals surface area contributed by atoms with Crippen LogP contribution in [0.3, 0.4) is 0 Å². The molecule has 152 valence electrons. The number of fused-ring (bicyclic) bond motifs is 1. The Morgan fingerprint density at radius 2 is 1.83 bits per heavy atom. The number of nitrogens with zero attached hydrogens (tertiary/aromatic N) is 3. The molecule has 0 bridgehead atoms. The molecule has 8 nitrogen and oxygen atoms in total. The third-order valence-electron chi connectivity index (χ3n) is 4.19. The highest BCUT2D eigenvalue weighted by molar-refractivity contribution is 8.42. The van der Waals surface area contributed by atoms with Crippen molar-refractivity contribution in [2.24, 2.45) is 10.1 Å². The van der Waals surface area contributed by atoms with Crippen LogP contribution in [0.15, 0.2) is 70.3 Å². The lowest BCUT2D eigenvalue weighted by atomic mass is 10.1. The lowest BCUT2D eigenvalue weighted by molar-refractivity contribution is -0.114. The van der Waals surface area contributed by atoms with Crippen LogP contribution in [0.25, 0.3) is 6.08 Å². The maximum atomic E-state index is 12.4. The average Bonchev–Trinajstić information content (AvgIpc) is 3.16. The van der Waals surface area contributed by atoms with Gasteiger partial charge >= 0.3 is 0 Å². The molecule has 2 aliphatic heterocycles. The molecule has 4 rings (SSSR count). The summed E-state index contributed by atoms with van der Waals surface area (Å²) in [7, 11) is -3.56. The van der Waals surface area contributed by atoms with E-state index in [-0.39, 0.29) is 21.0 Å². The monoisotopic (exact) mass is 440 g/mol. The first-order chi connectivity index (χ1) is 14.3. The maximum absolute atomic E-state index is 12.4. The van der Waals surface area contributed by atoms with E-state index in [1.165, 1.54) is 6.08 Å². The molecule has 0 fully saturated rings. The quantitative estimate of drug-likeness (QED) is 0.732. The normalized spacial score (nSPS) is 17.6. The highest BCUT2D eigenvalue weighted by Crippen LogP contribution is 2.30. The third-order valence-corrected chi connectivity index (χ3v) is 6.77. The maximum Gasteiger partial charge on any atom is 0.283 e. The zero-order chi connectivity index (χ0) is 21.3. The van der Waals surface area contributed by atoms with Crippen LogP contribution < -0.4 is 4.74 Å². The third kappa shape index (κ3) is 4.19. The summed E-state index contributed by atoms with van der Waals surface area (Å²) in [6, 6.07) is 16.8. The van der Waals surface area contributed by atoms with Crippen LogP contribution >= 0.6 is 11.8 Å². The van der Waals surface area contributed by atoms with Gasteiger partial charge in [-0.3, -0.25) is 10.2 Å². The van der Waals surface area contributed by atoms with Crippen LogP contribution in [0.4, 0.5) is 0 Å². The van der Waals surface area contributed by atoms with E-state index < -0.39 is 15.7 Å². The number of amidine groups is 2. The first-order valence-electron chi connectivity index (χ1n) is 8.78. The zero-order valence-electron chi connectivity index (χ0n) is 15.8. The summed E-state index contributed by atoms with van der Waals surface area (Å²) in [5, 5.41) is 13.3. The molecule has 1 amide bonds. The molecule has 0 spiro atoms. The van der Waals surface area contributed by atoms with Gasteiger partial charge in [-0.15, -0.1) is 5.10 Å². The Bertz CT molecular complexity index is 1220. The average molecular weight is 441 g/mol. The van der Waals surface area contributed by atoms with Gasteiger partial charge in [-0.25, -0.2) is 8.42 Å². The number of hydrazone groups is 1. The molecule has 0 aromatic heterocycles. The highest BCUT2D eigenvalue weighted by Gasteiger charge is 2.38. The SMILES string of the molecule is CS(=O)(=O)C1=NN2C(=N)/C(=C/c3ccc(OCc4ccccc4)cc3)C(=O)N=C2S1. The number of amides is 1. The molecule has 30 heavy (non-hydrogen) atoms. The van der Waals surface area contributed by atoms with Gasteiger partial charge in [0, 0.05) is 6.26 Å². The number of nitrogens with one attached hydrogen (secondary N) is 1. The van der Waals surface area contributed by atoms with E-state index in [0.717, 1.165) is 28.6 Å². The van der Waals surface area contributed by atoms with Crippen molar-refractivity contribution in [2.45, 2.75) is 6.61 Å². The smallest absolute Gasteiger partial charge is 0.283 e. The molecule has 0 saturated heterocycles. The van der Waals surface area contributed by atoms with E-state index in [0.29, 0.717) is 17.9 Å². The van der Waals surface area contributed by atoms with Crippen LogP contribution in [-0.2, 0) is 21.2 Å². The van der Waals surface area contributed by atoms with E-state index in [1.807, 2.05) is 30.3 Å². The molecule has 2 aromatic rings. The number of aliphatic imine (C=N–C) groups is 1. The molecular weight excluding hydrogens is 424 g/mol. The van der Waals surface area contributed by atoms with E-state index >= 15 is 0 Å². The second-order valence-electron chi connectivity index (χ2n) is 6.50. The molecule has 2 aliphatic rings. The first-order valence-corrected chi connectivity index (χ1v) is 11.5. The van der Waals surface area contributed by atoms with Gasteiger partial charge in [0.05, 0.1) is 5.57 Å². The minimum absolute atomic E-state index is 0.0239. The standard InChI is InChI=1S/C20H16N4O4S2/c1-30(26,27)20-23-24-17(21)16(18(25)22-19(24)29-20)11-13-7-9-15(10-8-13)28-12-14-5-3-2-4-6-14/h2-11,21H,12H2,1H3/b16-11-,21-17?. The number of sulfone groups is 1. The molecule has 0 unspecified atom stereocenters. The predicted molar refractivity (Wildman–Crippen MR) is 117 cm³/mol. The summed E-state index contributed by atoms with van der Waals surface area (Å²) < 4.78 is 28.9. The molecular formula is C20H16N4O4S2. The Kier molecular flexibility index (Phi) is 5.27. The molecule has 0 saturated carbocycles. The fourth-order valence-corrected chi connectivity index (χ4v) is 4.38. The van der Waals surface area contributed by atoms with Crippen molar-refractivity contribution in [3.8, 4) is 5.75 Å². The second kappa shape index (κ2) is 7.88. The van der Waals surface area contributed by atoms with Crippen molar-refractivity contribution in [3.63, 3.8) is 0 Å². The summed E-state index contributed by atoms with van der Waals surface area (Å²) in [4.78, 5) is 16.2. The number of rotatable bonds is 4. The number of carbonyl (C=O) groups is 1. The van der Waals surface area contributed by atoms with Gasteiger partial charge in [0.15, 0.2) is 5.84 Å². The molecule has 10 heteroatoms. The van der Waals surface area contributed by atoms with Gasteiger partial charge in [-0.05, 0) is 41.1 Å². The summed E-state index contributed by atoms with van der Waals surface area (Å²) in [6.07, 6.45) is 2.53. The van der Waals surface area contributed by atoms with Gasteiger partial charge in [-0.2, -0.15) is 10.0 Å². The molecule has 2 heterocycles. The van der Waals surface area contributed by atoms with Crippen LogP contribution in [0.2, 0.25) is 0 Å². The number of hydrogen-bond donors (Lipinski definition) is 1. The summed E-state index contributed by atoms with van der Waals surface area (Å²) in [5.41, 5.74) is 1.75. The Labute approximate surface area is 177 Å². The topological polar surface area (TPSA) is 112 Å². The summed E-state index contributed by atoms with van der Waals surface area (Å²) in [6.45, 7) is 0.440. The van der Waals surface area contributed by atoms with Crippen molar-refractivity contribution in [3.05, 3.63) is 71.3 Å². The van der Waals surface area contributed by atoms with Crippen molar-refractivity contribution in [1.29, 1.82) is 5.41 Å². The molecule has 0 atom stereocenters. The number of carbonyl (C=O) groups excluding carboxylic acids is 1. The van der Waals surface area contributed by atoms with Crippen LogP contribution in [0, 0.1) is 5.41 Å². The van der Waals surface area contributed by atoms with Crippen molar-refractivity contribution < 1.29 is 17.9 Å². The minimum atomic E-state index is -3.56. The van der Waals surface area contributed by atoms with Gasteiger partial charge in [0.2, 0.25) is 19.4 Å². The number of benzene rings is 2. The summed E-state index contributed by atoms with van der Waals surface area (Å²) >= 11 is 0.755. The minimum Gasteiger partial charge on any atom is -0.489 e. The van der Waals surface area contributed by atoms with E-state index in [4.69, 9.17) is 10.1 Å². The van der Waals surface area contributed by atoms with E-state index in [1.54, 1.807) is 24.3 Å². The summed E-state index contributed by atoms with van der Waals surface area (Å²) in [5.74, 6) is -0.168. The van der Waals surface area contributed by atoms with Crippen LogP contribution in [0.5, 0.6) is 5.75 Å². The van der Waals surface area contributed by atoms with E-state index in [9.17, 15) is 13.2 Å². The van der Waals surface area contributed by atoms with Crippen molar-refractivity contribution in [2.75, 3.05) is 6.26 Å².